The molecule has 2 rings (SSSR count). The summed E-state index contributed by atoms with van der Waals surface area (Å²) >= 11 is 0. The maximum Gasteiger partial charge on any atom is 0.347 e. The Kier molecular flexibility index (Phi) is 4.81. The van der Waals surface area contributed by atoms with Crippen LogP contribution in [0.5, 0.6) is 0 Å². The Balaban J connectivity index is 2.01. The first-order valence-corrected chi connectivity index (χ1v) is 6.80. The van der Waals surface area contributed by atoms with Crippen molar-refractivity contribution in [1.82, 2.24) is 29.6 Å². The molecular weight excluding hydrogens is 272 g/mol. The minimum Gasteiger partial charge on any atom is -0.345 e. The molecule has 1 N–H and O–H groups in total. The Labute approximate surface area is 121 Å². The van der Waals surface area contributed by atoms with Gasteiger partial charge in [-0.15, -0.1) is 10.2 Å². The van der Waals surface area contributed by atoms with E-state index in [9.17, 15) is 9.59 Å². The van der Waals surface area contributed by atoms with Crippen LogP contribution in [0.2, 0.25) is 0 Å². The molecule has 8 heteroatoms. The third-order valence-electron chi connectivity index (χ3n) is 2.97. The molecule has 1 amide bonds. The molecular formula is C13H18N6O2. The molecule has 0 saturated carbocycles. The van der Waals surface area contributed by atoms with Crippen LogP contribution in [0.1, 0.15) is 32.1 Å². The van der Waals surface area contributed by atoms with Gasteiger partial charge in [-0.05, 0) is 19.4 Å². The van der Waals surface area contributed by atoms with Crippen LogP contribution in [-0.4, -0.2) is 30.2 Å². The zero-order valence-electron chi connectivity index (χ0n) is 12.1. The van der Waals surface area contributed by atoms with Crippen molar-refractivity contribution in [2.24, 2.45) is 0 Å². The molecule has 1 unspecified atom stereocenters. The minimum atomic E-state index is -0.450. The Bertz CT molecular complexity index is 662. The van der Waals surface area contributed by atoms with Crippen LogP contribution in [0.3, 0.4) is 0 Å². The van der Waals surface area contributed by atoms with Crippen molar-refractivity contribution in [3.63, 3.8) is 0 Å². The van der Waals surface area contributed by atoms with Gasteiger partial charge in [-0.2, -0.15) is 0 Å². The molecule has 0 saturated heterocycles. The van der Waals surface area contributed by atoms with E-state index < -0.39 is 5.69 Å². The van der Waals surface area contributed by atoms with Gasteiger partial charge in [0, 0.05) is 18.9 Å². The minimum absolute atomic E-state index is 0.0705. The number of rotatable bonds is 6. The molecule has 0 spiro atoms. The Morgan fingerprint density at radius 2 is 2.24 bits per heavy atom. The van der Waals surface area contributed by atoms with Crippen molar-refractivity contribution >= 4 is 5.91 Å². The van der Waals surface area contributed by atoms with Gasteiger partial charge in [0.15, 0.2) is 5.82 Å². The lowest BCUT2D eigenvalue weighted by atomic mass is 10.3. The highest BCUT2D eigenvalue weighted by molar-refractivity contribution is 5.76. The molecule has 0 aliphatic rings. The van der Waals surface area contributed by atoms with Gasteiger partial charge < -0.3 is 9.88 Å². The Hall–Kier alpha value is -2.51. The van der Waals surface area contributed by atoms with E-state index in [-0.39, 0.29) is 18.5 Å². The molecule has 0 bridgehead atoms. The first-order chi connectivity index (χ1) is 10.1. The van der Waals surface area contributed by atoms with Crippen molar-refractivity contribution in [2.45, 2.75) is 39.4 Å². The number of nitrogens with zero attached hydrogens (tertiary/aromatic N) is 5. The van der Waals surface area contributed by atoms with Gasteiger partial charge >= 0.3 is 5.69 Å². The Morgan fingerprint density at radius 1 is 1.43 bits per heavy atom. The molecule has 8 nitrogen and oxygen atoms in total. The fraction of sp³-hybridized carbons (Fsp3) is 0.462. The standard InChI is InChI=1S/C13H18N6O2/c1-3-6-19-9-15-17-12(19)10(2)16-11(20)8-18-7-4-5-14-13(18)21/h4-5,7,9-10H,3,6,8H2,1-2H3,(H,16,20). The SMILES string of the molecule is CCCn1cnnc1C(C)NC(=O)Cn1cccnc1=O. The molecule has 2 aromatic rings. The summed E-state index contributed by atoms with van der Waals surface area (Å²) in [6.07, 6.45) is 5.52. The van der Waals surface area contributed by atoms with E-state index in [0.29, 0.717) is 5.82 Å². The topological polar surface area (TPSA) is 94.7 Å². The summed E-state index contributed by atoms with van der Waals surface area (Å²) in [6, 6.07) is 1.33. The van der Waals surface area contributed by atoms with E-state index in [0.717, 1.165) is 13.0 Å². The second-order valence-electron chi connectivity index (χ2n) is 4.70. The lowest BCUT2D eigenvalue weighted by molar-refractivity contribution is -0.122. The molecule has 112 valence electrons. The van der Waals surface area contributed by atoms with Gasteiger partial charge in [-0.3, -0.25) is 9.36 Å². The highest BCUT2D eigenvalue weighted by atomic mass is 16.2. The number of amides is 1. The number of carbonyl (C=O) groups excluding carboxylic acids is 1. The molecule has 0 aliphatic heterocycles. The van der Waals surface area contributed by atoms with E-state index in [2.05, 4.69) is 27.4 Å². The number of nitrogens with one attached hydrogen (secondary N) is 1. The normalized spacial score (nSPS) is 12.1. The van der Waals surface area contributed by atoms with E-state index in [1.807, 2.05) is 11.5 Å². The maximum absolute atomic E-state index is 12.0. The van der Waals surface area contributed by atoms with Crippen molar-refractivity contribution in [1.29, 1.82) is 0 Å². The van der Waals surface area contributed by atoms with Crippen LogP contribution in [0.25, 0.3) is 0 Å². The first-order valence-electron chi connectivity index (χ1n) is 6.80. The van der Waals surface area contributed by atoms with Crippen LogP contribution in [0, 0.1) is 0 Å². The molecule has 0 fully saturated rings. The smallest absolute Gasteiger partial charge is 0.345 e. The highest BCUT2D eigenvalue weighted by Crippen LogP contribution is 2.09. The molecule has 0 aliphatic carbocycles. The molecule has 2 aromatic heterocycles. The van der Waals surface area contributed by atoms with Crippen LogP contribution >= 0.6 is 0 Å². The quantitative estimate of drug-likeness (QED) is 0.815. The molecule has 1 atom stereocenters. The van der Waals surface area contributed by atoms with Gasteiger partial charge in [0.1, 0.15) is 12.9 Å². The average molecular weight is 290 g/mol. The highest BCUT2D eigenvalue weighted by Gasteiger charge is 2.15. The zero-order valence-corrected chi connectivity index (χ0v) is 12.1. The maximum atomic E-state index is 12.0. The van der Waals surface area contributed by atoms with Crippen molar-refractivity contribution in [3.05, 3.63) is 41.1 Å². The second-order valence-corrected chi connectivity index (χ2v) is 4.70. The van der Waals surface area contributed by atoms with Gasteiger partial charge in [0.05, 0.1) is 6.04 Å². The van der Waals surface area contributed by atoms with Crippen molar-refractivity contribution < 1.29 is 4.79 Å². The summed E-state index contributed by atoms with van der Waals surface area (Å²) in [5, 5.41) is 10.7. The summed E-state index contributed by atoms with van der Waals surface area (Å²) < 4.78 is 3.15. The lowest BCUT2D eigenvalue weighted by Crippen LogP contribution is -2.35. The fourth-order valence-electron chi connectivity index (χ4n) is 2.03. The molecule has 0 aromatic carbocycles. The fourth-order valence-corrected chi connectivity index (χ4v) is 2.03. The average Bonchev–Trinajstić information content (AvgIpc) is 2.90. The van der Waals surface area contributed by atoms with Gasteiger partial charge in [0.25, 0.3) is 0 Å². The molecule has 21 heavy (non-hydrogen) atoms. The largest absolute Gasteiger partial charge is 0.347 e. The number of aromatic nitrogens is 5. The van der Waals surface area contributed by atoms with E-state index in [4.69, 9.17) is 0 Å². The number of hydrogen-bond acceptors (Lipinski definition) is 5. The third kappa shape index (κ3) is 3.74. The van der Waals surface area contributed by atoms with Crippen molar-refractivity contribution in [3.8, 4) is 0 Å². The van der Waals surface area contributed by atoms with Crippen molar-refractivity contribution in [2.75, 3.05) is 0 Å². The molecule has 0 radical (unpaired) electrons. The van der Waals surface area contributed by atoms with E-state index in [1.165, 1.54) is 17.0 Å². The number of hydrogen-bond donors (Lipinski definition) is 1. The molecule has 2 heterocycles. The summed E-state index contributed by atoms with van der Waals surface area (Å²) in [6.45, 7) is 4.62. The number of aryl methyl sites for hydroxylation is 1. The van der Waals surface area contributed by atoms with Crippen LogP contribution < -0.4 is 11.0 Å². The summed E-state index contributed by atoms with van der Waals surface area (Å²) in [4.78, 5) is 27.0. The number of carbonyl (C=O) groups is 1. The summed E-state index contributed by atoms with van der Waals surface area (Å²) in [5.41, 5.74) is -0.450. The summed E-state index contributed by atoms with van der Waals surface area (Å²) in [7, 11) is 0. The van der Waals surface area contributed by atoms with E-state index in [1.54, 1.807) is 12.4 Å². The van der Waals surface area contributed by atoms with Gasteiger partial charge in [-0.1, -0.05) is 6.92 Å². The lowest BCUT2D eigenvalue weighted by Gasteiger charge is -2.14. The van der Waals surface area contributed by atoms with Gasteiger partial charge in [-0.25, -0.2) is 9.78 Å². The zero-order chi connectivity index (χ0) is 15.2. The van der Waals surface area contributed by atoms with Crippen LogP contribution in [-0.2, 0) is 17.9 Å². The van der Waals surface area contributed by atoms with Crippen LogP contribution in [0.15, 0.2) is 29.6 Å². The van der Waals surface area contributed by atoms with E-state index >= 15 is 0 Å². The predicted octanol–water partition coefficient (Wildman–Crippen LogP) is 0.122. The Morgan fingerprint density at radius 3 is 2.95 bits per heavy atom. The predicted molar refractivity (Wildman–Crippen MR) is 75.4 cm³/mol. The van der Waals surface area contributed by atoms with Gasteiger partial charge in [0.2, 0.25) is 5.91 Å². The second kappa shape index (κ2) is 6.78. The monoisotopic (exact) mass is 290 g/mol. The summed E-state index contributed by atoms with van der Waals surface area (Å²) in [5.74, 6) is 0.424. The van der Waals surface area contributed by atoms with Crippen LogP contribution in [0.4, 0.5) is 0 Å². The third-order valence-corrected chi connectivity index (χ3v) is 2.97. The first kappa shape index (κ1) is 14.9.